The van der Waals surface area contributed by atoms with Crippen LogP contribution in [-0.4, -0.2) is 60.4 Å². The standard InChI is InChI=1S/C16H20N3O12P3/c17-14-10(9-4-2-1-3-5-9)6-19(16(22)18-14)15-13(21)12(20)11(29-15)7-28-33(25)8-32(23,24)30-34(26,27)31-33/h1-6,11-13,15,20-21H,7-8H2,(H,23,24)(H,26,27)(H2,17,18,22)/t11-,12?,13+,15-,33?/m1/s1. The molecule has 34 heavy (non-hydrogen) atoms. The van der Waals surface area contributed by atoms with E-state index < -0.39 is 65.8 Å². The molecule has 4 rings (SSSR count). The number of ether oxygens (including phenoxy) is 1. The summed E-state index contributed by atoms with van der Waals surface area (Å²) in [6.07, 6.45) is -4.94. The smallest absolute Gasteiger partial charge is 0.387 e. The Morgan fingerprint density at radius 2 is 1.79 bits per heavy atom. The molecule has 1 aromatic heterocycles. The van der Waals surface area contributed by atoms with E-state index >= 15 is 0 Å². The van der Waals surface area contributed by atoms with Crippen molar-refractivity contribution in [3.8, 4) is 11.1 Å². The van der Waals surface area contributed by atoms with Crippen LogP contribution in [0, 0.1) is 0 Å². The van der Waals surface area contributed by atoms with Crippen molar-refractivity contribution in [1.29, 1.82) is 0 Å². The molecule has 15 nitrogen and oxygen atoms in total. The van der Waals surface area contributed by atoms with Crippen LogP contribution in [0.2, 0.25) is 0 Å². The highest BCUT2D eigenvalue weighted by Gasteiger charge is 2.53. The number of nitrogens with two attached hydrogens (primary N) is 1. The van der Waals surface area contributed by atoms with Gasteiger partial charge >= 0.3 is 28.7 Å². The summed E-state index contributed by atoms with van der Waals surface area (Å²) in [5.74, 6) is -1.29. The van der Waals surface area contributed by atoms with Gasteiger partial charge in [-0.1, -0.05) is 30.3 Å². The lowest BCUT2D eigenvalue weighted by molar-refractivity contribution is -0.0523. The predicted molar refractivity (Wildman–Crippen MR) is 115 cm³/mol. The van der Waals surface area contributed by atoms with E-state index in [9.17, 15) is 38.5 Å². The van der Waals surface area contributed by atoms with E-state index in [1.165, 1.54) is 6.20 Å². The second-order valence-corrected chi connectivity index (χ2v) is 13.6. The predicted octanol–water partition coefficient (Wildman–Crippen LogP) is 0.611. The first-order valence-corrected chi connectivity index (χ1v) is 14.5. The average molecular weight is 539 g/mol. The van der Waals surface area contributed by atoms with Crippen molar-refractivity contribution < 1.29 is 51.6 Å². The molecule has 3 heterocycles. The lowest BCUT2D eigenvalue weighted by atomic mass is 10.1. The van der Waals surface area contributed by atoms with Crippen LogP contribution in [0.5, 0.6) is 0 Å². The molecule has 0 saturated carbocycles. The molecule has 2 aliphatic rings. The van der Waals surface area contributed by atoms with Crippen molar-refractivity contribution in [3.05, 3.63) is 47.0 Å². The Hall–Kier alpha value is -1.73. The third-order valence-corrected chi connectivity index (χ3v) is 11.9. The second kappa shape index (κ2) is 9.05. The van der Waals surface area contributed by atoms with E-state index in [4.69, 9.17) is 15.0 Å². The van der Waals surface area contributed by atoms with Crippen LogP contribution >= 0.6 is 23.0 Å². The SMILES string of the molecule is Nc1nc(=O)n([C@@H]2O[C@H](COP3(=O)CP(=O)(O)OP(=O)(O)O3)C(O)[C@@H]2O)cc1-c1ccccc1. The second-order valence-electron chi connectivity index (χ2n) is 7.46. The Balaban J connectivity index is 1.55. The van der Waals surface area contributed by atoms with Gasteiger partial charge in [0, 0.05) is 11.8 Å². The number of nitrogens with zero attached hydrogens (tertiary/aromatic N) is 2. The highest BCUT2D eigenvalue weighted by Crippen LogP contribution is 2.78. The number of benzene rings is 1. The lowest BCUT2D eigenvalue weighted by Crippen LogP contribution is -2.36. The van der Waals surface area contributed by atoms with Gasteiger partial charge in [0.1, 0.15) is 24.1 Å². The third kappa shape index (κ3) is 5.25. The Bertz CT molecular complexity index is 1260. The molecule has 18 heteroatoms. The molecule has 0 aliphatic carbocycles. The van der Waals surface area contributed by atoms with Gasteiger partial charge in [-0.3, -0.25) is 13.7 Å². The van der Waals surface area contributed by atoms with Crippen LogP contribution in [-0.2, 0) is 31.6 Å². The van der Waals surface area contributed by atoms with Crippen molar-refractivity contribution >= 4 is 28.8 Å². The van der Waals surface area contributed by atoms with Crippen molar-refractivity contribution in [2.24, 2.45) is 0 Å². The van der Waals surface area contributed by atoms with Gasteiger partial charge in [-0.05, 0) is 5.56 Å². The monoisotopic (exact) mass is 539 g/mol. The van der Waals surface area contributed by atoms with E-state index in [0.29, 0.717) is 11.1 Å². The normalized spacial score (nSPS) is 38.1. The molecule has 6 N–H and O–H groups in total. The number of phosphoric acid groups is 1. The maximum atomic E-state index is 12.6. The summed E-state index contributed by atoms with van der Waals surface area (Å²) in [6, 6.07) is 8.67. The first-order chi connectivity index (χ1) is 15.8. The van der Waals surface area contributed by atoms with Crippen LogP contribution in [0.25, 0.3) is 11.1 Å². The Morgan fingerprint density at radius 3 is 2.44 bits per heavy atom. The van der Waals surface area contributed by atoms with Crippen LogP contribution < -0.4 is 11.4 Å². The van der Waals surface area contributed by atoms with Gasteiger partial charge in [-0.25, -0.2) is 18.0 Å². The van der Waals surface area contributed by atoms with E-state index in [1.807, 2.05) is 0 Å². The number of aliphatic hydroxyl groups is 2. The van der Waals surface area contributed by atoms with Crippen LogP contribution in [0.1, 0.15) is 6.23 Å². The number of aliphatic hydroxyl groups excluding tert-OH is 2. The van der Waals surface area contributed by atoms with E-state index in [1.54, 1.807) is 30.3 Å². The summed E-state index contributed by atoms with van der Waals surface area (Å²) < 4.78 is 55.6. The van der Waals surface area contributed by atoms with Gasteiger partial charge in [0.25, 0.3) is 0 Å². The molecule has 1 aromatic carbocycles. The van der Waals surface area contributed by atoms with Crippen LogP contribution in [0.3, 0.4) is 0 Å². The minimum absolute atomic E-state index is 0.0722. The fraction of sp³-hybridized carbons (Fsp3) is 0.375. The summed E-state index contributed by atoms with van der Waals surface area (Å²) in [5, 5.41) is 20.8. The molecule has 0 bridgehead atoms. The number of anilines is 1. The highest BCUT2D eigenvalue weighted by atomic mass is 31.3. The molecule has 2 saturated heterocycles. The molecular weight excluding hydrogens is 519 g/mol. The topological polar surface area (TPSA) is 230 Å². The largest absolute Gasteiger partial charge is 0.486 e. The molecule has 186 valence electrons. The molecule has 2 fully saturated rings. The lowest BCUT2D eigenvalue weighted by Gasteiger charge is -2.28. The minimum Gasteiger partial charge on any atom is -0.387 e. The number of hydrogen-bond acceptors (Lipinski definition) is 12. The fourth-order valence-electron chi connectivity index (χ4n) is 3.46. The molecule has 0 amide bonds. The Morgan fingerprint density at radius 1 is 1.12 bits per heavy atom. The maximum Gasteiger partial charge on any atom is 0.486 e. The van der Waals surface area contributed by atoms with E-state index in [0.717, 1.165) is 4.57 Å². The number of aromatic nitrogens is 2. The zero-order valence-corrected chi connectivity index (χ0v) is 19.7. The van der Waals surface area contributed by atoms with Gasteiger partial charge in [0.05, 0.1) is 6.61 Å². The first-order valence-electron chi connectivity index (χ1n) is 9.56. The number of hydrogen-bond donors (Lipinski definition) is 5. The summed E-state index contributed by atoms with van der Waals surface area (Å²) in [7, 11) is -14.5. The maximum absolute atomic E-state index is 12.6. The van der Waals surface area contributed by atoms with Gasteiger partial charge in [0.15, 0.2) is 12.1 Å². The van der Waals surface area contributed by atoms with Gasteiger partial charge in [-0.2, -0.15) is 4.98 Å². The zero-order valence-electron chi connectivity index (χ0n) is 17.1. The number of nitrogen functional groups attached to an aromatic ring is 1. The minimum atomic E-state index is -5.14. The van der Waals surface area contributed by atoms with Crippen molar-refractivity contribution in [2.75, 3.05) is 18.2 Å². The van der Waals surface area contributed by atoms with Gasteiger partial charge in [0.2, 0.25) is 0 Å². The molecule has 2 aliphatic heterocycles. The quantitative estimate of drug-likeness (QED) is 0.328. The first kappa shape index (κ1) is 25.4. The summed E-state index contributed by atoms with van der Waals surface area (Å²) in [5.41, 5.74) is 5.94. The Labute approximate surface area is 191 Å². The van der Waals surface area contributed by atoms with Crippen LogP contribution in [0.15, 0.2) is 41.3 Å². The average Bonchev–Trinajstić information content (AvgIpc) is 2.99. The van der Waals surface area contributed by atoms with Crippen LogP contribution in [0.4, 0.5) is 5.82 Å². The van der Waals surface area contributed by atoms with Gasteiger partial charge in [-0.15, -0.1) is 0 Å². The van der Waals surface area contributed by atoms with E-state index in [-0.39, 0.29) is 5.82 Å². The van der Waals surface area contributed by atoms with Crippen molar-refractivity contribution in [2.45, 2.75) is 24.5 Å². The molecule has 2 aromatic rings. The molecule has 7 atom stereocenters. The third-order valence-electron chi connectivity index (χ3n) is 4.92. The fourth-order valence-corrected chi connectivity index (χ4v) is 10.4. The molecular formula is C16H20N3O12P3. The van der Waals surface area contributed by atoms with Crippen molar-refractivity contribution in [1.82, 2.24) is 9.55 Å². The molecule has 0 radical (unpaired) electrons. The highest BCUT2D eigenvalue weighted by molar-refractivity contribution is 7.81. The van der Waals surface area contributed by atoms with Crippen molar-refractivity contribution in [3.63, 3.8) is 0 Å². The molecule has 4 unspecified atom stereocenters. The molecule has 0 spiro atoms. The number of rotatable bonds is 5. The van der Waals surface area contributed by atoms with Gasteiger partial charge < -0.3 is 35.0 Å². The summed E-state index contributed by atoms with van der Waals surface area (Å²) in [4.78, 5) is 35.0. The Kier molecular flexibility index (Phi) is 6.75. The van der Waals surface area contributed by atoms with E-state index in [2.05, 4.69) is 13.6 Å². The summed E-state index contributed by atoms with van der Waals surface area (Å²) >= 11 is 0. The summed E-state index contributed by atoms with van der Waals surface area (Å²) in [6.45, 7) is -0.797. The zero-order chi connectivity index (χ0) is 24.9.